The molecule has 0 radical (unpaired) electrons. The second-order valence-electron chi connectivity index (χ2n) is 1.74. The zero-order valence-electron chi connectivity index (χ0n) is 3.36. The standard InChI is InChI=1S/C5H5N/c1-2-6-5-3-4(1)5/h2,5-6H,3H2. The van der Waals surface area contributed by atoms with Crippen molar-refractivity contribution in [3.63, 3.8) is 0 Å². The van der Waals surface area contributed by atoms with E-state index < -0.39 is 0 Å². The Labute approximate surface area is 36.4 Å². The fraction of sp³-hybridized carbons (Fsp3) is 0.400. The van der Waals surface area contributed by atoms with E-state index in [1.165, 1.54) is 12.0 Å². The molecule has 1 unspecified atom stereocenters. The molecular formula is C5H5N. The summed E-state index contributed by atoms with van der Waals surface area (Å²) in [4.78, 5) is 0. The van der Waals surface area contributed by atoms with Crippen LogP contribution in [-0.4, -0.2) is 6.04 Å². The van der Waals surface area contributed by atoms with Crippen LogP contribution in [0.15, 0.2) is 17.5 Å². The predicted octanol–water partition coefficient (Wildman–Crippen LogP) is 0.401. The van der Waals surface area contributed by atoms with Crippen LogP contribution in [0.3, 0.4) is 0 Å². The quantitative estimate of drug-likeness (QED) is 0.414. The van der Waals surface area contributed by atoms with Gasteiger partial charge in [-0.05, 0) is 5.57 Å². The Balaban J connectivity index is 2.57. The second-order valence-corrected chi connectivity index (χ2v) is 1.74. The van der Waals surface area contributed by atoms with Gasteiger partial charge in [0.2, 0.25) is 0 Å². The van der Waals surface area contributed by atoms with E-state index in [2.05, 4.69) is 11.0 Å². The summed E-state index contributed by atoms with van der Waals surface area (Å²) in [5.74, 6) is 0. The largest absolute Gasteiger partial charge is 0.377 e. The first-order valence-electron chi connectivity index (χ1n) is 2.17. The van der Waals surface area contributed by atoms with Gasteiger partial charge in [0.05, 0.1) is 6.04 Å². The van der Waals surface area contributed by atoms with E-state index in [1.807, 2.05) is 6.20 Å². The predicted molar refractivity (Wildman–Crippen MR) is 23.1 cm³/mol. The summed E-state index contributed by atoms with van der Waals surface area (Å²) in [7, 11) is 0. The molecule has 1 fully saturated rings. The fourth-order valence-electron chi connectivity index (χ4n) is 0.715. The lowest BCUT2D eigenvalue weighted by Crippen LogP contribution is -2.02. The van der Waals surface area contributed by atoms with Gasteiger partial charge in [0.15, 0.2) is 0 Å². The minimum atomic E-state index is 0.713. The first kappa shape index (κ1) is 2.49. The second kappa shape index (κ2) is 0.548. The summed E-state index contributed by atoms with van der Waals surface area (Å²) in [5, 5.41) is 3.12. The summed E-state index contributed by atoms with van der Waals surface area (Å²) >= 11 is 0. The van der Waals surface area contributed by atoms with Gasteiger partial charge in [-0.3, -0.25) is 0 Å². The Kier molecular flexibility index (Phi) is 0.227. The fourth-order valence-corrected chi connectivity index (χ4v) is 0.715. The first-order valence-corrected chi connectivity index (χ1v) is 2.17. The van der Waals surface area contributed by atoms with Crippen LogP contribution in [0.25, 0.3) is 0 Å². The topological polar surface area (TPSA) is 12.0 Å². The molecule has 6 heavy (non-hydrogen) atoms. The highest BCUT2D eigenvalue weighted by Crippen LogP contribution is 2.30. The van der Waals surface area contributed by atoms with Crippen LogP contribution in [0, 0.1) is 0 Å². The van der Waals surface area contributed by atoms with E-state index >= 15 is 0 Å². The number of hydrogen-bond acceptors (Lipinski definition) is 1. The molecule has 30 valence electrons. The van der Waals surface area contributed by atoms with Gasteiger partial charge in [0.25, 0.3) is 0 Å². The maximum absolute atomic E-state index is 3.12. The number of hydrogen-bond donors (Lipinski definition) is 1. The van der Waals surface area contributed by atoms with Gasteiger partial charge >= 0.3 is 0 Å². The highest BCUT2D eigenvalue weighted by molar-refractivity contribution is 5.32. The van der Waals surface area contributed by atoms with Crippen molar-refractivity contribution >= 4 is 0 Å². The molecule has 1 heterocycles. The molecule has 1 aliphatic carbocycles. The molecule has 0 spiro atoms. The van der Waals surface area contributed by atoms with Crippen LogP contribution in [0.5, 0.6) is 0 Å². The van der Waals surface area contributed by atoms with E-state index in [1.54, 1.807) is 0 Å². The molecule has 1 atom stereocenters. The van der Waals surface area contributed by atoms with Crippen LogP contribution >= 0.6 is 0 Å². The third kappa shape index (κ3) is 0.139. The molecule has 1 nitrogen and oxygen atoms in total. The molecule has 2 rings (SSSR count). The van der Waals surface area contributed by atoms with Gasteiger partial charge in [-0.15, -0.1) is 5.73 Å². The highest BCUT2D eigenvalue weighted by Gasteiger charge is 2.30. The Morgan fingerprint density at radius 1 is 2.00 bits per heavy atom. The van der Waals surface area contributed by atoms with Crippen molar-refractivity contribution in [1.82, 2.24) is 5.32 Å². The van der Waals surface area contributed by atoms with Crippen molar-refractivity contribution < 1.29 is 0 Å². The Morgan fingerprint density at radius 2 is 3.00 bits per heavy atom. The molecule has 0 bridgehead atoms. The Bertz CT molecular complexity index is 138. The molecule has 1 heteroatoms. The van der Waals surface area contributed by atoms with Gasteiger partial charge < -0.3 is 5.32 Å². The number of fused-ring (bicyclic) bond motifs is 1. The molecule has 0 aromatic rings. The molecule has 1 N–H and O–H groups in total. The molecule has 0 amide bonds. The van der Waals surface area contributed by atoms with Crippen molar-refractivity contribution in [3.05, 3.63) is 17.5 Å². The van der Waals surface area contributed by atoms with E-state index in [4.69, 9.17) is 0 Å². The monoisotopic (exact) mass is 79.0 g/mol. The number of rotatable bonds is 0. The molecule has 2 aliphatic rings. The summed E-state index contributed by atoms with van der Waals surface area (Å²) in [6.07, 6.45) is 3.14. The summed E-state index contributed by atoms with van der Waals surface area (Å²) in [6.45, 7) is 0. The third-order valence-electron chi connectivity index (χ3n) is 1.23. The molecule has 1 saturated carbocycles. The molecule has 0 aromatic heterocycles. The normalized spacial score (nSPS) is 34.7. The smallest absolute Gasteiger partial charge is 0.0593 e. The van der Waals surface area contributed by atoms with Crippen LogP contribution in [-0.2, 0) is 0 Å². The first-order chi connectivity index (χ1) is 2.97. The van der Waals surface area contributed by atoms with Gasteiger partial charge in [-0.1, -0.05) is 0 Å². The van der Waals surface area contributed by atoms with E-state index in [-0.39, 0.29) is 0 Å². The molecule has 0 aromatic carbocycles. The molecular weight excluding hydrogens is 74.1 g/mol. The van der Waals surface area contributed by atoms with Gasteiger partial charge in [0, 0.05) is 12.6 Å². The number of nitrogens with one attached hydrogen (secondary N) is 1. The summed E-state index contributed by atoms with van der Waals surface area (Å²) in [5.41, 5.74) is 4.53. The lowest BCUT2D eigenvalue weighted by Gasteiger charge is -1.81. The van der Waals surface area contributed by atoms with Gasteiger partial charge in [-0.2, -0.15) is 0 Å². The van der Waals surface area contributed by atoms with Crippen molar-refractivity contribution in [1.29, 1.82) is 0 Å². The highest BCUT2D eigenvalue weighted by atomic mass is 14.9. The molecule has 1 aliphatic heterocycles. The van der Waals surface area contributed by atoms with Crippen LogP contribution in [0.1, 0.15) is 6.42 Å². The van der Waals surface area contributed by atoms with E-state index in [0.717, 1.165) is 0 Å². The molecule has 0 saturated heterocycles. The zero-order chi connectivity index (χ0) is 3.98. The summed E-state index contributed by atoms with van der Waals surface area (Å²) < 4.78 is 0. The van der Waals surface area contributed by atoms with E-state index in [9.17, 15) is 0 Å². The van der Waals surface area contributed by atoms with Crippen molar-refractivity contribution in [3.8, 4) is 0 Å². The maximum atomic E-state index is 3.12. The van der Waals surface area contributed by atoms with Crippen molar-refractivity contribution in [2.45, 2.75) is 12.5 Å². The van der Waals surface area contributed by atoms with Crippen molar-refractivity contribution in [2.75, 3.05) is 0 Å². The average Bonchev–Trinajstić information content (AvgIpc) is 2.17. The minimum absolute atomic E-state index is 0.713. The van der Waals surface area contributed by atoms with Crippen LogP contribution in [0.4, 0.5) is 0 Å². The lowest BCUT2D eigenvalue weighted by molar-refractivity contribution is 0.900. The Hall–Kier alpha value is -0.680. The lowest BCUT2D eigenvalue weighted by atomic mass is 10.7. The van der Waals surface area contributed by atoms with Crippen molar-refractivity contribution in [2.24, 2.45) is 0 Å². The summed E-state index contributed by atoms with van der Waals surface area (Å²) in [6, 6.07) is 0.713. The van der Waals surface area contributed by atoms with E-state index in [0.29, 0.717) is 6.04 Å². The van der Waals surface area contributed by atoms with Gasteiger partial charge in [0.1, 0.15) is 0 Å². The SMILES string of the molecule is C1=CNC2CC=12. The Morgan fingerprint density at radius 3 is 3.17 bits per heavy atom. The maximum Gasteiger partial charge on any atom is 0.0593 e. The zero-order valence-corrected chi connectivity index (χ0v) is 3.36. The van der Waals surface area contributed by atoms with Crippen LogP contribution < -0.4 is 5.32 Å². The minimum Gasteiger partial charge on any atom is -0.377 e. The average molecular weight is 79.1 g/mol. The van der Waals surface area contributed by atoms with Crippen LogP contribution in [0.2, 0.25) is 0 Å². The van der Waals surface area contributed by atoms with Gasteiger partial charge in [-0.25, -0.2) is 0 Å². The third-order valence-corrected chi connectivity index (χ3v) is 1.23.